The van der Waals surface area contributed by atoms with Crippen molar-refractivity contribution in [2.24, 2.45) is 5.90 Å². The van der Waals surface area contributed by atoms with Gasteiger partial charge in [-0.2, -0.15) is 0 Å². The lowest BCUT2D eigenvalue weighted by Crippen LogP contribution is -2.28. The van der Waals surface area contributed by atoms with Crippen LogP contribution in [0.1, 0.15) is 5.56 Å². The fourth-order valence-electron chi connectivity index (χ4n) is 1.17. The first-order valence-corrected chi connectivity index (χ1v) is 5.93. The molecule has 0 atom stereocenters. The van der Waals surface area contributed by atoms with E-state index in [0.29, 0.717) is 5.56 Å². The van der Waals surface area contributed by atoms with Gasteiger partial charge in [-0.3, -0.25) is 0 Å². The Balaban J connectivity index is 2.83. The van der Waals surface area contributed by atoms with Crippen LogP contribution in [-0.2, 0) is 14.9 Å². The van der Waals surface area contributed by atoms with Crippen LogP contribution in [0.5, 0.6) is 0 Å². The first-order chi connectivity index (χ1) is 7.08. The average molecular weight is 230 g/mol. The minimum Gasteiger partial charge on any atom is -0.303 e. The molecule has 1 aromatic rings. The number of nitrogens with one attached hydrogen (secondary N) is 1. The van der Waals surface area contributed by atoms with Crippen molar-refractivity contribution >= 4 is 10.0 Å². The lowest BCUT2D eigenvalue weighted by atomic mass is 10.2. The summed E-state index contributed by atoms with van der Waals surface area (Å²) in [5, 5.41) is 0. The molecule has 6 heteroatoms. The zero-order valence-corrected chi connectivity index (χ0v) is 9.25. The minimum absolute atomic E-state index is 0.144. The second kappa shape index (κ2) is 5.22. The Kier molecular flexibility index (Phi) is 4.22. The van der Waals surface area contributed by atoms with Crippen molar-refractivity contribution in [2.75, 3.05) is 13.2 Å². The Morgan fingerprint density at radius 3 is 2.67 bits per heavy atom. The van der Waals surface area contributed by atoms with Gasteiger partial charge in [-0.15, -0.1) is 0 Å². The molecular formula is C9H14N2O3S. The molecule has 84 valence electrons. The molecule has 0 aliphatic rings. The third kappa shape index (κ3) is 3.28. The van der Waals surface area contributed by atoms with Gasteiger partial charge in [0.1, 0.15) is 0 Å². The maximum atomic E-state index is 11.7. The van der Waals surface area contributed by atoms with Gasteiger partial charge in [-0.1, -0.05) is 18.2 Å². The Hall–Kier alpha value is -0.950. The van der Waals surface area contributed by atoms with Gasteiger partial charge in [0.25, 0.3) is 0 Å². The van der Waals surface area contributed by atoms with E-state index in [-0.39, 0.29) is 18.0 Å². The summed E-state index contributed by atoms with van der Waals surface area (Å²) in [7, 11) is -3.45. The van der Waals surface area contributed by atoms with E-state index in [2.05, 4.69) is 9.56 Å². The number of hydrogen-bond donors (Lipinski definition) is 2. The molecule has 0 amide bonds. The van der Waals surface area contributed by atoms with Crippen molar-refractivity contribution < 1.29 is 13.3 Å². The zero-order valence-electron chi connectivity index (χ0n) is 8.43. The Labute approximate surface area is 89.2 Å². The summed E-state index contributed by atoms with van der Waals surface area (Å²) in [4.78, 5) is 4.56. The highest BCUT2D eigenvalue weighted by Gasteiger charge is 2.14. The van der Waals surface area contributed by atoms with Gasteiger partial charge in [0.15, 0.2) is 0 Å². The molecule has 0 aliphatic heterocycles. The number of nitrogens with two attached hydrogens (primary N) is 1. The predicted molar refractivity (Wildman–Crippen MR) is 56.5 cm³/mol. The highest BCUT2D eigenvalue weighted by molar-refractivity contribution is 7.89. The topological polar surface area (TPSA) is 81.4 Å². The molecule has 0 bridgehead atoms. The first-order valence-electron chi connectivity index (χ1n) is 4.45. The van der Waals surface area contributed by atoms with Crippen LogP contribution in [0.3, 0.4) is 0 Å². The predicted octanol–water partition coefficient (Wildman–Crippen LogP) is 0.164. The third-order valence-electron chi connectivity index (χ3n) is 1.90. The second-order valence-electron chi connectivity index (χ2n) is 3.03. The van der Waals surface area contributed by atoms with Crippen molar-refractivity contribution in [2.45, 2.75) is 11.8 Å². The summed E-state index contributed by atoms with van der Waals surface area (Å²) >= 11 is 0. The van der Waals surface area contributed by atoms with E-state index in [1.54, 1.807) is 31.2 Å². The van der Waals surface area contributed by atoms with Gasteiger partial charge >= 0.3 is 0 Å². The standard InChI is InChI=1S/C9H14N2O3S/c1-8-4-2-3-5-9(8)15(12,13)11-6-7-14-10/h2-5,11H,6-7,10H2,1H3. The fourth-order valence-corrected chi connectivity index (χ4v) is 2.43. The van der Waals surface area contributed by atoms with Crippen LogP contribution in [0, 0.1) is 6.92 Å². The first kappa shape index (κ1) is 12.1. The molecule has 0 unspecified atom stereocenters. The Morgan fingerprint density at radius 1 is 1.40 bits per heavy atom. The summed E-state index contributed by atoms with van der Waals surface area (Å²) in [5.41, 5.74) is 0.707. The number of sulfonamides is 1. The number of benzene rings is 1. The number of rotatable bonds is 5. The maximum Gasteiger partial charge on any atom is 0.240 e. The van der Waals surface area contributed by atoms with Crippen molar-refractivity contribution in [1.29, 1.82) is 0 Å². The van der Waals surface area contributed by atoms with Gasteiger partial charge in [0, 0.05) is 6.54 Å². The molecule has 0 fully saturated rings. The molecule has 1 aromatic carbocycles. The van der Waals surface area contributed by atoms with Crippen LogP contribution in [0.4, 0.5) is 0 Å². The van der Waals surface area contributed by atoms with E-state index in [0.717, 1.165) is 0 Å². The quantitative estimate of drug-likeness (QED) is 0.558. The molecule has 0 heterocycles. The van der Waals surface area contributed by atoms with Crippen molar-refractivity contribution in [3.05, 3.63) is 29.8 Å². The van der Waals surface area contributed by atoms with Crippen molar-refractivity contribution in [3.63, 3.8) is 0 Å². The third-order valence-corrected chi connectivity index (χ3v) is 3.52. The second-order valence-corrected chi connectivity index (χ2v) is 4.77. The molecule has 0 saturated carbocycles. The van der Waals surface area contributed by atoms with Gasteiger partial charge < -0.3 is 4.84 Å². The molecule has 0 spiro atoms. The van der Waals surface area contributed by atoms with Crippen LogP contribution in [0.2, 0.25) is 0 Å². The molecule has 0 radical (unpaired) electrons. The molecule has 0 aliphatic carbocycles. The lowest BCUT2D eigenvalue weighted by Gasteiger charge is -2.08. The Morgan fingerprint density at radius 2 is 2.07 bits per heavy atom. The SMILES string of the molecule is Cc1ccccc1S(=O)(=O)NCCON. The number of hydrogen-bond acceptors (Lipinski definition) is 4. The van der Waals surface area contributed by atoms with Gasteiger partial charge in [0.2, 0.25) is 10.0 Å². The normalized spacial score (nSPS) is 11.6. The Bertz CT molecular complexity index is 417. The molecule has 15 heavy (non-hydrogen) atoms. The molecular weight excluding hydrogens is 216 g/mol. The smallest absolute Gasteiger partial charge is 0.240 e. The largest absolute Gasteiger partial charge is 0.303 e. The highest BCUT2D eigenvalue weighted by atomic mass is 32.2. The molecule has 3 N–H and O–H groups in total. The number of aryl methyl sites for hydroxylation is 1. The summed E-state index contributed by atoms with van der Waals surface area (Å²) in [6.45, 7) is 2.05. The van der Waals surface area contributed by atoms with Crippen molar-refractivity contribution in [3.8, 4) is 0 Å². The van der Waals surface area contributed by atoms with Crippen molar-refractivity contribution in [1.82, 2.24) is 4.72 Å². The van der Waals surface area contributed by atoms with Crippen LogP contribution < -0.4 is 10.6 Å². The van der Waals surface area contributed by atoms with Crippen LogP contribution in [0.15, 0.2) is 29.2 Å². The van der Waals surface area contributed by atoms with Gasteiger partial charge in [0.05, 0.1) is 11.5 Å². The van der Waals surface area contributed by atoms with Crippen LogP contribution >= 0.6 is 0 Å². The van der Waals surface area contributed by atoms with Gasteiger partial charge in [-0.25, -0.2) is 19.0 Å². The zero-order chi connectivity index (χ0) is 11.3. The van der Waals surface area contributed by atoms with E-state index in [1.165, 1.54) is 0 Å². The lowest BCUT2D eigenvalue weighted by molar-refractivity contribution is 0.143. The highest BCUT2D eigenvalue weighted by Crippen LogP contribution is 2.13. The molecule has 0 aromatic heterocycles. The molecule has 1 rings (SSSR count). The maximum absolute atomic E-state index is 11.7. The van der Waals surface area contributed by atoms with Crippen LogP contribution in [0.25, 0.3) is 0 Å². The fraction of sp³-hybridized carbons (Fsp3) is 0.333. The van der Waals surface area contributed by atoms with E-state index in [4.69, 9.17) is 5.90 Å². The summed E-state index contributed by atoms with van der Waals surface area (Å²) in [6, 6.07) is 6.77. The molecule has 0 saturated heterocycles. The average Bonchev–Trinajstić information content (AvgIpc) is 2.18. The van der Waals surface area contributed by atoms with E-state index < -0.39 is 10.0 Å². The summed E-state index contributed by atoms with van der Waals surface area (Å²) in [5.74, 6) is 4.79. The van der Waals surface area contributed by atoms with E-state index >= 15 is 0 Å². The monoisotopic (exact) mass is 230 g/mol. The van der Waals surface area contributed by atoms with E-state index in [9.17, 15) is 8.42 Å². The van der Waals surface area contributed by atoms with E-state index in [1.807, 2.05) is 0 Å². The van der Waals surface area contributed by atoms with Crippen LogP contribution in [-0.4, -0.2) is 21.6 Å². The molecule has 5 nitrogen and oxygen atoms in total. The summed E-state index contributed by atoms with van der Waals surface area (Å²) < 4.78 is 25.8. The minimum atomic E-state index is -3.45. The summed E-state index contributed by atoms with van der Waals surface area (Å²) in [6.07, 6.45) is 0. The van der Waals surface area contributed by atoms with Gasteiger partial charge in [-0.05, 0) is 18.6 Å².